The van der Waals surface area contributed by atoms with E-state index in [0.29, 0.717) is 24.6 Å². The number of nitrogens with zero attached hydrogens (tertiary/aromatic N) is 2. The van der Waals surface area contributed by atoms with Gasteiger partial charge >= 0.3 is 0 Å². The molecule has 0 radical (unpaired) electrons. The molecule has 2 heterocycles. The van der Waals surface area contributed by atoms with Crippen molar-refractivity contribution in [2.24, 2.45) is 0 Å². The van der Waals surface area contributed by atoms with Gasteiger partial charge in [-0.1, -0.05) is 25.8 Å². The third kappa shape index (κ3) is 4.21. The fourth-order valence-corrected chi connectivity index (χ4v) is 2.80. The number of amides is 2. The molecule has 0 saturated carbocycles. The monoisotopic (exact) mass is 318 g/mol. The molecule has 6 heteroatoms. The Hall–Kier alpha value is -2.11. The molecule has 0 aromatic carbocycles. The number of hydrogen-bond acceptors (Lipinski definition) is 3. The van der Waals surface area contributed by atoms with E-state index in [-0.39, 0.29) is 11.8 Å². The van der Waals surface area contributed by atoms with Crippen LogP contribution in [0.2, 0.25) is 0 Å². The summed E-state index contributed by atoms with van der Waals surface area (Å²) in [6.07, 6.45) is 7.60. The van der Waals surface area contributed by atoms with Crippen molar-refractivity contribution < 1.29 is 9.59 Å². The van der Waals surface area contributed by atoms with E-state index in [2.05, 4.69) is 29.1 Å². The molecule has 0 bridgehead atoms. The van der Waals surface area contributed by atoms with Crippen LogP contribution in [0.25, 0.3) is 0 Å². The molecule has 2 amide bonds. The molecule has 6 nitrogen and oxygen atoms in total. The lowest BCUT2D eigenvalue weighted by Gasteiger charge is -2.17. The minimum Gasteiger partial charge on any atom is -0.349 e. The Balaban J connectivity index is 2.16. The topological polar surface area (TPSA) is 76.0 Å². The van der Waals surface area contributed by atoms with Crippen molar-refractivity contribution in [3.05, 3.63) is 29.9 Å². The summed E-state index contributed by atoms with van der Waals surface area (Å²) in [5, 5.41) is 5.66. The van der Waals surface area contributed by atoms with Gasteiger partial charge in [-0.3, -0.25) is 9.59 Å². The summed E-state index contributed by atoms with van der Waals surface area (Å²) >= 11 is 0. The maximum absolute atomic E-state index is 12.4. The van der Waals surface area contributed by atoms with Gasteiger partial charge in [-0.15, -0.1) is 6.58 Å². The first-order valence-corrected chi connectivity index (χ1v) is 8.45. The number of unbranched alkanes of at least 4 members (excludes halogenated alkanes) is 2. The smallest absolute Gasteiger partial charge is 0.287 e. The van der Waals surface area contributed by atoms with Crippen LogP contribution in [0.4, 0.5) is 0 Å². The van der Waals surface area contributed by atoms with Crippen LogP contribution in [0.1, 0.15) is 65.8 Å². The quantitative estimate of drug-likeness (QED) is 0.569. The van der Waals surface area contributed by atoms with Crippen molar-refractivity contribution in [2.45, 2.75) is 52.0 Å². The molecule has 1 aromatic heterocycles. The lowest BCUT2D eigenvalue weighted by molar-refractivity contribution is 0.0937. The predicted molar refractivity (Wildman–Crippen MR) is 89.6 cm³/mol. The van der Waals surface area contributed by atoms with Gasteiger partial charge in [0.15, 0.2) is 5.82 Å². The largest absolute Gasteiger partial charge is 0.349 e. The van der Waals surface area contributed by atoms with E-state index in [0.717, 1.165) is 50.8 Å². The molecule has 0 spiro atoms. The fraction of sp³-hybridized carbons (Fsp3) is 0.588. The summed E-state index contributed by atoms with van der Waals surface area (Å²) in [7, 11) is 0. The van der Waals surface area contributed by atoms with Gasteiger partial charge in [-0.05, 0) is 25.7 Å². The van der Waals surface area contributed by atoms with E-state index in [1.807, 2.05) is 4.57 Å². The first kappa shape index (κ1) is 17.2. The maximum atomic E-state index is 12.4. The molecule has 1 aromatic rings. The van der Waals surface area contributed by atoms with Crippen LogP contribution in [0, 0.1) is 0 Å². The third-order valence-electron chi connectivity index (χ3n) is 4.01. The van der Waals surface area contributed by atoms with Crippen LogP contribution in [-0.2, 0) is 13.0 Å². The molecule has 0 atom stereocenters. The molecule has 0 aliphatic carbocycles. The van der Waals surface area contributed by atoms with E-state index >= 15 is 0 Å². The molecular formula is C17H26N4O2. The van der Waals surface area contributed by atoms with Crippen molar-refractivity contribution >= 4 is 11.8 Å². The van der Waals surface area contributed by atoms with E-state index in [1.165, 1.54) is 0 Å². The average Bonchev–Trinajstić information content (AvgIpc) is 2.96. The number of aromatic nitrogens is 2. The van der Waals surface area contributed by atoms with Crippen LogP contribution >= 0.6 is 0 Å². The molecule has 2 rings (SSSR count). The Labute approximate surface area is 137 Å². The van der Waals surface area contributed by atoms with Gasteiger partial charge in [0, 0.05) is 19.6 Å². The van der Waals surface area contributed by atoms with Crippen LogP contribution in [0.5, 0.6) is 0 Å². The number of imidazole rings is 1. The second-order valence-electron chi connectivity index (χ2n) is 5.80. The molecule has 1 aliphatic rings. The van der Waals surface area contributed by atoms with Gasteiger partial charge in [0.25, 0.3) is 11.8 Å². The summed E-state index contributed by atoms with van der Waals surface area (Å²) in [5.41, 5.74) is 1.25. The number of carbonyl (C=O) groups excluding carboxylic acids is 2. The molecule has 23 heavy (non-hydrogen) atoms. The van der Waals surface area contributed by atoms with Crippen molar-refractivity contribution in [2.75, 3.05) is 13.1 Å². The van der Waals surface area contributed by atoms with Crippen molar-refractivity contribution in [1.82, 2.24) is 20.2 Å². The lowest BCUT2D eigenvalue weighted by atomic mass is 10.1. The zero-order valence-corrected chi connectivity index (χ0v) is 13.9. The summed E-state index contributed by atoms with van der Waals surface area (Å²) in [6.45, 7) is 7.50. The Morgan fingerprint density at radius 3 is 2.83 bits per heavy atom. The van der Waals surface area contributed by atoms with E-state index in [4.69, 9.17) is 0 Å². The SMILES string of the molecule is C=CCNC(=O)c1nc(C(=O)NCCCCC)n2c1CCCC2. The summed E-state index contributed by atoms with van der Waals surface area (Å²) in [6, 6.07) is 0. The highest BCUT2D eigenvalue weighted by Gasteiger charge is 2.26. The van der Waals surface area contributed by atoms with Gasteiger partial charge in [0.2, 0.25) is 0 Å². The van der Waals surface area contributed by atoms with Crippen molar-refractivity contribution in [3.8, 4) is 0 Å². The first-order chi connectivity index (χ1) is 11.2. The maximum Gasteiger partial charge on any atom is 0.287 e. The molecule has 2 N–H and O–H groups in total. The first-order valence-electron chi connectivity index (χ1n) is 8.45. The average molecular weight is 318 g/mol. The normalized spacial score (nSPS) is 13.3. The predicted octanol–water partition coefficient (Wildman–Crippen LogP) is 2.06. The number of hydrogen-bond donors (Lipinski definition) is 2. The van der Waals surface area contributed by atoms with E-state index in [9.17, 15) is 9.59 Å². The zero-order valence-electron chi connectivity index (χ0n) is 13.9. The number of nitrogens with one attached hydrogen (secondary N) is 2. The Morgan fingerprint density at radius 2 is 2.09 bits per heavy atom. The minimum absolute atomic E-state index is 0.188. The number of carbonyl (C=O) groups is 2. The molecule has 0 fully saturated rings. The van der Waals surface area contributed by atoms with Crippen molar-refractivity contribution in [1.29, 1.82) is 0 Å². The number of rotatable bonds is 8. The second-order valence-corrected chi connectivity index (χ2v) is 5.80. The molecule has 1 aliphatic heterocycles. The van der Waals surface area contributed by atoms with Gasteiger partial charge in [-0.2, -0.15) is 0 Å². The molecule has 126 valence electrons. The van der Waals surface area contributed by atoms with Crippen molar-refractivity contribution in [3.63, 3.8) is 0 Å². The van der Waals surface area contributed by atoms with E-state index in [1.54, 1.807) is 6.08 Å². The van der Waals surface area contributed by atoms with E-state index < -0.39 is 0 Å². The highest BCUT2D eigenvalue weighted by Crippen LogP contribution is 2.21. The Bertz CT molecular complexity index is 577. The van der Waals surface area contributed by atoms with Gasteiger partial charge in [-0.25, -0.2) is 4.98 Å². The highest BCUT2D eigenvalue weighted by atomic mass is 16.2. The van der Waals surface area contributed by atoms with Gasteiger partial charge < -0.3 is 15.2 Å². The van der Waals surface area contributed by atoms with Gasteiger partial charge in [0.1, 0.15) is 5.69 Å². The van der Waals surface area contributed by atoms with Crippen LogP contribution in [-0.4, -0.2) is 34.5 Å². The summed E-state index contributed by atoms with van der Waals surface area (Å²) < 4.78 is 1.90. The molecule has 0 unspecified atom stereocenters. The standard InChI is InChI=1S/C17H26N4O2/c1-3-5-7-11-19-17(23)15-20-14(16(22)18-10-4-2)13-9-6-8-12-21(13)15/h4H,2-3,5-12H2,1H3,(H,18,22)(H,19,23). The number of fused-ring (bicyclic) bond motifs is 1. The molecular weight excluding hydrogens is 292 g/mol. The zero-order chi connectivity index (χ0) is 16.7. The van der Waals surface area contributed by atoms with Crippen LogP contribution in [0.15, 0.2) is 12.7 Å². The lowest BCUT2D eigenvalue weighted by Crippen LogP contribution is -2.28. The Kier molecular flexibility index (Phi) is 6.38. The minimum atomic E-state index is -0.236. The summed E-state index contributed by atoms with van der Waals surface area (Å²) in [4.78, 5) is 29.0. The van der Waals surface area contributed by atoms with Crippen LogP contribution in [0.3, 0.4) is 0 Å². The second kappa shape index (κ2) is 8.50. The summed E-state index contributed by atoms with van der Waals surface area (Å²) in [5.74, 6) is -0.0624. The highest BCUT2D eigenvalue weighted by molar-refractivity contribution is 5.97. The Morgan fingerprint density at radius 1 is 1.26 bits per heavy atom. The fourth-order valence-electron chi connectivity index (χ4n) is 2.80. The van der Waals surface area contributed by atoms with Gasteiger partial charge in [0.05, 0.1) is 5.69 Å². The molecule has 0 saturated heterocycles. The third-order valence-corrected chi connectivity index (χ3v) is 4.01. The van der Waals surface area contributed by atoms with Crippen LogP contribution < -0.4 is 10.6 Å².